The number of H-pyrrole nitrogens is 1. The fourth-order valence-electron chi connectivity index (χ4n) is 7.98. The lowest BCUT2D eigenvalue weighted by Crippen LogP contribution is -2.54. The average molecular weight is 788 g/mol. The molecular formula is C45H37N7O7. The number of fused-ring (bicyclic) bond motifs is 4. The molecule has 14 heteroatoms. The molecule has 0 spiro atoms. The third-order valence-corrected chi connectivity index (χ3v) is 11.3. The summed E-state index contributed by atoms with van der Waals surface area (Å²) in [5.41, 5.74) is 6.19. The smallest absolute Gasteiger partial charge is 0.262 e. The predicted molar refractivity (Wildman–Crippen MR) is 216 cm³/mol. The molecule has 14 nitrogen and oxygen atoms in total. The zero-order chi connectivity index (χ0) is 40.0. The lowest BCUT2D eigenvalue weighted by Gasteiger charge is -2.40. The molecule has 3 aliphatic heterocycles. The second-order valence-corrected chi connectivity index (χ2v) is 15.1. The maximum absolute atomic E-state index is 13.2. The van der Waals surface area contributed by atoms with Gasteiger partial charge >= 0.3 is 0 Å². The molecule has 4 aliphatic rings. The van der Waals surface area contributed by atoms with Crippen LogP contribution in [0.15, 0.2) is 91.5 Å². The Hall–Kier alpha value is -7.11. The Balaban J connectivity index is 0.634. The number of nitrogens with one attached hydrogen (secondary N) is 2. The molecule has 4 aromatic heterocycles. The maximum atomic E-state index is 13.2. The van der Waals surface area contributed by atoms with E-state index in [0.29, 0.717) is 43.4 Å². The van der Waals surface area contributed by atoms with Gasteiger partial charge in [0.25, 0.3) is 11.8 Å². The van der Waals surface area contributed by atoms with Crippen LogP contribution in [0.1, 0.15) is 58.5 Å². The van der Waals surface area contributed by atoms with Crippen LogP contribution in [0.4, 0.5) is 5.69 Å². The summed E-state index contributed by atoms with van der Waals surface area (Å²) in [7, 11) is 0. The number of carbonyl (C=O) groups excluding carboxylic acids is 4. The van der Waals surface area contributed by atoms with E-state index in [1.807, 2.05) is 42.7 Å². The van der Waals surface area contributed by atoms with Gasteiger partial charge < -0.3 is 24.1 Å². The first kappa shape index (κ1) is 36.2. The number of hydrogen-bond donors (Lipinski definition) is 2. The normalized spacial score (nSPS) is 20.2. The van der Waals surface area contributed by atoms with Crippen LogP contribution in [0, 0.1) is 11.8 Å². The molecule has 2 saturated heterocycles. The minimum Gasteiger partial charge on any atom is -0.489 e. The average Bonchev–Trinajstić information content (AvgIpc) is 3.71. The van der Waals surface area contributed by atoms with Crippen LogP contribution in [-0.4, -0.2) is 92.5 Å². The van der Waals surface area contributed by atoms with Crippen LogP contribution >= 0.6 is 0 Å². The number of nitrogens with zero attached hydrogens (tertiary/aromatic N) is 5. The molecule has 1 saturated carbocycles. The molecule has 10 rings (SSSR count). The van der Waals surface area contributed by atoms with Crippen LogP contribution in [0.25, 0.3) is 32.9 Å². The Morgan fingerprint density at radius 2 is 1.61 bits per heavy atom. The fourth-order valence-corrected chi connectivity index (χ4v) is 7.98. The van der Waals surface area contributed by atoms with Crippen LogP contribution in [-0.2, 0) is 14.3 Å². The van der Waals surface area contributed by atoms with E-state index in [-0.39, 0.29) is 42.3 Å². The molecule has 6 aromatic rings. The van der Waals surface area contributed by atoms with Crippen molar-refractivity contribution in [1.29, 1.82) is 0 Å². The Bertz CT molecular complexity index is 2710. The van der Waals surface area contributed by atoms with Gasteiger partial charge in [-0.15, -0.1) is 0 Å². The molecule has 3 fully saturated rings. The molecule has 59 heavy (non-hydrogen) atoms. The van der Waals surface area contributed by atoms with E-state index in [1.165, 1.54) is 0 Å². The quantitative estimate of drug-likeness (QED) is 0.106. The highest BCUT2D eigenvalue weighted by Gasteiger charge is 2.45. The van der Waals surface area contributed by atoms with Gasteiger partial charge in [0.15, 0.2) is 0 Å². The van der Waals surface area contributed by atoms with Gasteiger partial charge in [-0.3, -0.25) is 34.4 Å². The second kappa shape index (κ2) is 15.0. The van der Waals surface area contributed by atoms with E-state index in [0.717, 1.165) is 56.4 Å². The van der Waals surface area contributed by atoms with Crippen LogP contribution in [0.2, 0.25) is 0 Å². The topological polar surface area (TPSA) is 169 Å². The van der Waals surface area contributed by atoms with Gasteiger partial charge in [-0.1, -0.05) is 18.1 Å². The molecule has 2 aromatic carbocycles. The van der Waals surface area contributed by atoms with Crippen molar-refractivity contribution in [3.05, 3.63) is 108 Å². The zero-order valence-electron chi connectivity index (χ0n) is 31.7. The summed E-state index contributed by atoms with van der Waals surface area (Å²) in [6.45, 7) is 1.74. The Morgan fingerprint density at radius 3 is 2.42 bits per heavy atom. The van der Waals surface area contributed by atoms with Crippen LogP contribution in [0.5, 0.6) is 11.6 Å². The molecule has 0 bridgehead atoms. The van der Waals surface area contributed by atoms with E-state index in [2.05, 4.69) is 60.2 Å². The number of imide groups is 2. The van der Waals surface area contributed by atoms with E-state index >= 15 is 0 Å². The Labute approximate surface area is 337 Å². The van der Waals surface area contributed by atoms with Gasteiger partial charge in [0.05, 0.1) is 30.0 Å². The highest BCUT2D eigenvalue weighted by atomic mass is 16.5. The molecule has 0 radical (unpaired) electrons. The number of ether oxygens (including phenoxy) is 3. The Kier molecular flexibility index (Phi) is 9.22. The number of pyridine rings is 3. The summed E-state index contributed by atoms with van der Waals surface area (Å²) < 4.78 is 18.2. The van der Waals surface area contributed by atoms with Crippen molar-refractivity contribution >= 4 is 51.1 Å². The first-order valence-corrected chi connectivity index (χ1v) is 19.7. The molecule has 1 unspecified atom stereocenters. The molecule has 1 atom stereocenters. The second-order valence-electron chi connectivity index (χ2n) is 15.1. The van der Waals surface area contributed by atoms with E-state index in [1.54, 1.807) is 30.6 Å². The summed E-state index contributed by atoms with van der Waals surface area (Å²) in [6, 6.07) is 20.1. The van der Waals surface area contributed by atoms with Gasteiger partial charge in [-0.2, -0.15) is 0 Å². The standard InChI is InChI=1S/C45H37N7O7/c53-41-12-11-40(43(54)50-41)52-44(55)35-10-7-29(18-36(35)45(52)56)51-24-33(25-51)57-16-2-1-3-28-6-8-30(22-47-28)58-31-19-32(20-31)59-42-13-5-27(21-48-42)26-4-9-34-37-23-46-15-14-38(37)49-39(34)17-26/h4-10,13-15,17-18,21-23,31-33,40,49H,2,11-12,16,19-20,24-25H2,(H,50,53,54)/t31-,32-,40?. The molecule has 7 heterocycles. The van der Waals surface area contributed by atoms with E-state index < -0.39 is 29.7 Å². The van der Waals surface area contributed by atoms with Gasteiger partial charge in [0.2, 0.25) is 17.7 Å². The van der Waals surface area contributed by atoms with Gasteiger partial charge in [0.1, 0.15) is 29.7 Å². The van der Waals surface area contributed by atoms with Crippen LogP contribution < -0.4 is 19.7 Å². The number of aromatic amines is 1. The number of benzene rings is 2. The third-order valence-electron chi connectivity index (χ3n) is 11.3. The molecule has 294 valence electrons. The Morgan fingerprint density at radius 1 is 0.763 bits per heavy atom. The number of amides is 4. The van der Waals surface area contributed by atoms with Gasteiger partial charge in [-0.05, 0) is 66.4 Å². The van der Waals surface area contributed by atoms with Crippen molar-refractivity contribution in [2.75, 3.05) is 24.6 Å². The minimum absolute atomic E-state index is 0.0154. The fraction of sp³-hybridized carbons (Fsp3) is 0.267. The van der Waals surface area contributed by atoms with E-state index in [4.69, 9.17) is 14.2 Å². The van der Waals surface area contributed by atoms with Gasteiger partial charge in [-0.25, -0.2) is 9.97 Å². The highest BCUT2D eigenvalue weighted by Crippen LogP contribution is 2.34. The predicted octanol–water partition coefficient (Wildman–Crippen LogP) is 5.21. The first-order chi connectivity index (χ1) is 28.8. The van der Waals surface area contributed by atoms with Crippen molar-refractivity contribution < 1.29 is 33.4 Å². The van der Waals surface area contributed by atoms with Crippen molar-refractivity contribution in [2.45, 2.75) is 56.5 Å². The van der Waals surface area contributed by atoms with Crippen LogP contribution in [0.3, 0.4) is 0 Å². The number of anilines is 1. The van der Waals surface area contributed by atoms with Crippen molar-refractivity contribution in [3.8, 4) is 34.6 Å². The number of carbonyl (C=O) groups is 4. The van der Waals surface area contributed by atoms with E-state index in [9.17, 15) is 19.2 Å². The summed E-state index contributed by atoms with van der Waals surface area (Å²) in [5.74, 6) is 5.42. The summed E-state index contributed by atoms with van der Waals surface area (Å²) in [5, 5.41) is 4.47. The number of piperidine rings is 1. The minimum atomic E-state index is -0.987. The third kappa shape index (κ3) is 7.10. The molecule has 2 N–H and O–H groups in total. The molecular weight excluding hydrogens is 751 g/mol. The zero-order valence-corrected chi connectivity index (χ0v) is 31.7. The van der Waals surface area contributed by atoms with Crippen molar-refractivity contribution in [3.63, 3.8) is 0 Å². The number of rotatable bonds is 10. The summed E-state index contributed by atoms with van der Waals surface area (Å²) in [4.78, 5) is 69.8. The highest BCUT2D eigenvalue weighted by molar-refractivity contribution is 6.23. The SMILES string of the molecule is O=C1CCC(N2C(=O)c3ccc(N4CC(OCCC#Cc5ccc(O[C@H]6C[C@H](Oc7ccc(-c8ccc9c(c8)[nH]c8ccncc89)cn7)C6)cn5)C4)cc3C2=O)C(=O)N1. The van der Waals surface area contributed by atoms with Crippen molar-refractivity contribution in [2.24, 2.45) is 0 Å². The number of aromatic nitrogens is 4. The van der Waals surface area contributed by atoms with Gasteiger partial charge in [0, 0.05) is 96.5 Å². The summed E-state index contributed by atoms with van der Waals surface area (Å²) in [6.07, 6.45) is 9.56. The van der Waals surface area contributed by atoms with Crippen molar-refractivity contribution in [1.82, 2.24) is 30.2 Å². The lowest BCUT2D eigenvalue weighted by atomic mass is 9.92. The molecule has 1 aliphatic carbocycles. The maximum Gasteiger partial charge on any atom is 0.262 e. The summed E-state index contributed by atoms with van der Waals surface area (Å²) >= 11 is 0. The molecule has 4 amide bonds. The number of hydrogen-bond acceptors (Lipinski definition) is 11. The monoisotopic (exact) mass is 787 g/mol. The largest absolute Gasteiger partial charge is 0.489 e. The lowest BCUT2D eigenvalue weighted by molar-refractivity contribution is -0.136. The first-order valence-electron chi connectivity index (χ1n) is 19.7.